The molecule has 0 amide bonds. The molecule has 0 fully saturated rings. The first kappa shape index (κ1) is 8.66. The minimum absolute atomic E-state index is 0.226. The maximum absolute atomic E-state index is 5.60. The van der Waals surface area contributed by atoms with Gasteiger partial charge in [0.2, 0.25) is 0 Å². The lowest BCUT2D eigenvalue weighted by atomic mass is 10.1. The predicted molar refractivity (Wildman–Crippen MR) is 44.6 cm³/mol. The van der Waals surface area contributed by atoms with Crippen LogP contribution in [-0.2, 0) is 0 Å². The topological polar surface area (TPSA) is 26.0 Å². The maximum atomic E-state index is 5.60. The van der Waals surface area contributed by atoms with Crippen molar-refractivity contribution in [3.63, 3.8) is 0 Å². The second-order valence-corrected chi connectivity index (χ2v) is 4.75. The monoisotopic (exact) mass is 151 g/mol. The minimum Gasteiger partial charge on any atom is -0.316 e. The highest BCUT2D eigenvalue weighted by Gasteiger charge is 2.30. The molecule has 0 heterocycles. The fourth-order valence-electron chi connectivity index (χ4n) is 0. The lowest BCUT2D eigenvalue weighted by molar-refractivity contribution is 0.537. The molecule has 0 rings (SSSR count). The summed E-state index contributed by atoms with van der Waals surface area (Å²) in [6.45, 7) is 5.70. The van der Waals surface area contributed by atoms with Crippen molar-refractivity contribution in [2.75, 3.05) is 0 Å². The van der Waals surface area contributed by atoms with Crippen LogP contribution in [0.15, 0.2) is 0 Å². The molecule has 0 bridgehead atoms. The molecule has 0 aromatic carbocycles. The van der Waals surface area contributed by atoms with Crippen LogP contribution in [0.4, 0.5) is 0 Å². The molecule has 1 nitrogen and oxygen atoms in total. The predicted octanol–water partition coefficient (Wildman–Crippen LogP) is 1.30. The van der Waals surface area contributed by atoms with Crippen molar-refractivity contribution >= 4 is 25.3 Å². The fourth-order valence-corrected chi connectivity index (χ4v) is 0. The first-order valence-corrected chi connectivity index (χ1v) is 3.38. The minimum atomic E-state index is -0.504. The van der Waals surface area contributed by atoms with Crippen molar-refractivity contribution in [1.29, 1.82) is 0 Å². The van der Waals surface area contributed by atoms with Gasteiger partial charge in [-0.2, -0.15) is 25.3 Å². The fraction of sp³-hybridized carbons (Fsp3) is 1.00. The number of hydrogen-bond donors (Lipinski definition) is 3. The van der Waals surface area contributed by atoms with Crippen LogP contribution in [0, 0.1) is 0 Å². The van der Waals surface area contributed by atoms with E-state index >= 15 is 0 Å². The first-order valence-electron chi connectivity index (χ1n) is 2.49. The van der Waals surface area contributed by atoms with Gasteiger partial charge in [-0.1, -0.05) is 0 Å². The smallest absolute Gasteiger partial charge is 0.0702 e. The van der Waals surface area contributed by atoms with Crippen LogP contribution in [0.25, 0.3) is 0 Å². The summed E-state index contributed by atoms with van der Waals surface area (Å²) in [6.07, 6.45) is 0. The van der Waals surface area contributed by atoms with Crippen molar-refractivity contribution < 1.29 is 0 Å². The van der Waals surface area contributed by atoms with Gasteiger partial charge in [0.05, 0.1) is 4.87 Å². The Morgan fingerprint density at radius 1 is 1.12 bits per heavy atom. The van der Waals surface area contributed by atoms with E-state index in [0.717, 1.165) is 0 Å². The summed E-state index contributed by atoms with van der Waals surface area (Å²) in [5, 5.41) is 0. The molecule has 0 aliphatic rings. The summed E-state index contributed by atoms with van der Waals surface area (Å²) in [5.74, 6) is 0. The third-order valence-electron chi connectivity index (χ3n) is 1.24. The zero-order valence-electron chi connectivity index (χ0n) is 5.47. The summed E-state index contributed by atoms with van der Waals surface area (Å²) in [4.78, 5) is -0.504. The normalized spacial score (nSPS) is 20.2. The van der Waals surface area contributed by atoms with Gasteiger partial charge in [0.15, 0.2) is 0 Å². The van der Waals surface area contributed by atoms with Crippen LogP contribution in [-0.4, -0.2) is 9.62 Å². The zero-order chi connectivity index (χ0) is 7.00. The van der Waals surface area contributed by atoms with Crippen LogP contribution in [0.1, 0.15) is 20.8 Å². The highest BCUT2D eigenvalue weighted by molar-refractivity contribution is 7.86. The Kier molecular flexibility index (Phi) is 2.29. The summed E-state index contributed by atoms with van der Waals surface area (Å²) >= 11 is 8.37. The van der Waals surface area contributed by atoms with Gasteiger partial charge in [-0.15, -0.1) is 0 Å². The Balaban J connectivity index is 4.02. The van der Waals surface area contributed by atoms with Gasteiger partial charge in [-0.3, -0.25) is 0 Å². The number of hydrogen-bond acceptors (Lipinski definition) is 3. The summed E-state index contributed by atoms with van der Waals surface area (Å²) in [5.41, 5.74) is 5.60. The largest absolute Gasteiger partial charge is 0.316 e. The third kappa shape index (κ3) is 2.29. The molecule has 3 heteroatoms. The quantitative estimate of drug-likeness (QED) is 0.382. The average Bonchev–Trinajstić information content (AvgIpc) is 1.25. The van der Waals surface area contributed by atoms with E-state index in [1.807, 2.05) is 20.8 Å². The van der Waals surface area contributed by atoms with Gasteiger partial charge in [0.1, 0.15) is 0 Å². The van der Waals surface area contributed by atoms with E-state index in [-0.39, 0.29) is 4.75 Å². The molecule has 0 saturated heterocycles. The lowest BCUT2D eigenvalue weighted by Gasteiger charge is -2.32. The maximum Gasteiger partial charge on any atom is 0.0702 e. The van der Waals surface area contributed by atoms with E-state index in [1.54, 1.807) is 0 Å². The highest BCUT2D eigenvalue weighted by atomic mass is 32.1. The van der Waals surface area contributed by atoms with Gasteiger partial charge in [-0.05, 0) is 20.8 Å². The molecular weight excluding hydrogens is 138 g/mol. The second kappa shape index (κ2) is 2.12. The number of nitrogens with two attached hydrogens (primary N) is 1. The van der Waals surface area contributed by atoms with Crippen molar-refractivity contribution in [2.45, 2.75) is 30.4 Å². The molecule has 50 valence electrons. The number of rotatable bonds is 1. The summed E-state index contributed by atoms with van der Waals surface area (Å²) < 4.78 is -0.226. The molecule has 1 atom stereocenters. The SMILES string of the molecule is CC(C)(S)C(C)(N)S. The van der Waals surface area contributed by atoms with Crippen LogP contribution < -0.4 is 5.73 Å². The molecule has 0 saturated carbocycles. The van der Waals surface area contributed by atoms with Gasteiger partial charge in [0, 0.05) is 4.75 Å². The third-order valence-corrected chi connectivity index (χ3v) is 2.44. The Hall–Kier alpha value is 0.660. The Morgan fingerprint density at radius 2 is 1.25 bits per heavy atom. The molecule has 1 unspecified atom stereocenters. The van der Waals surface area contributed by atoms with Crippen molar-refractivity contribution in [2.24, 2.45) is 5.73 Å². The summed E-state index contributed by atoms with van der Waals surface area (Å²) in [7, 11) is 0. The molecule has 2 N–H and O–H groups in total. The molecule has 0 aromatic rings. The first-order chi connectivity index (χ1) is 3.25. The van der Waals surface area contributed by atoms with E-state index < -0.39 is 4.87 Å². The van der Waals surface area contributed by atoms with Crippen LogP contribution >= 0.6 is 25.3 Å². The molecule has 0 spiro atoms. The standard InChI is InChI=1S/C5H13NS2/c1-4(2,7)5(3,6)8/h7-8H,6H2,1-3H3. The number of thiol groups is 2. The van der Waals surface area contributed by atoms with E-state index in [2.05, 4.69) is 25.3 Å². The van der Waals surface area contributed by atoms with Gasteiger partial charge >= 0.3 is 0 Å². The van der Waals surface area contributed by atoms with Gasteiger partial charge in [0.25, 0.3) is 0 Å². The van der Waals surface area contributed by atoms with Crippen LogP contribution in [0.2, 0.25) is 0 Å². The van der Waals surface area contributed by atoms with Gasteiger partial charge < -0.3 is 5.73 Å². The summed E-state index contributed by atoms with van der Waals surface area (Å²) in [6, 6.07) is 0. The Labute approximate surface area is 61.8 Å². The van der Waals surface area contributed by atoms with E-state index in [4.69, 9.17) is 5.73 Å². The molecular formula is C5H13NS2. The lowest BCUT2D eigenvalue weighted by Crippen LogP contribution is -2.46. The van der Waals surface area contributed by atoms with Crippen LogP contribution in [0.3, 0.4) is 0 Å². The molecule has 0 aliphatic carbocycles. The average molecular weight is 151 g/mol. The van der Waals surface area contributed by atoms with Crippen molar-refractivity contribution in [1.82, 2.24) is 0 Å². The highest BCUT2D eigenvalue weighted by Crippen LogP contribution is 2.28. The van der Waals surface area contributed by atoms with E-state index in [0.29, 0.717) is 0 Å². The Bertz CT molecular complexity index is 65.4. The molecule has 0 radical (unpaired) electrons. The second-order valence-electron chi connectivity index (χ2n) is 2.71. The van der Waals surface area contributed by atoms with E-state index in [9.17, 15) is 0 Å². The van der Waals surface area contributed by atoms with Crippen LogP contribution in [0.5, 0.6) is 0 Å². The van der Waals surface area contributed by atoms with E-state index in [1.165, 1.54) is 0 Å². The Morgan fingerprint density at radius 3 is 1.25 bits per heavy atom. The van der Waals surface area contributed by atoms with Gasteiger partial charge in [-0.25, -0.2) is 0 Å². The van der Waals surface area contributed by atoms with Crippen molar-refractivity contribution in [3.05, 3.63) is 0 Å². The zero-order valence-corrected chi connectivity index (χ0v) is 7.26. The molecule has 0 aliphatic heterocycles. The van der Waals surface area contributed by atoms with Crippen molar-refractivity contribution in [3.8, 4) is 0 Å². The molecule has 0 aromatic heterocycles. The molecule has 8 heavy (non-hydrogen) atoms.